The average molecular weight is 495 g/mol. The molecular weight excluding hydrogens is 464 g/mol. The van der Waals surface area contributed by atoms with Gasteiger partial charge in [-0.15, -0.1) is 0 Å². The number of aliphatic hydroxyl groups is 4. The predicted molar refractivity (Wildman–Crippen MR) is 132 cm³/mol. The zero-order valence-corrected chi connectivity index (χ0v) is 19.5. The van der Waals surface area contributed by atoms with E-state index in [1.165, 1.54) is 0 Å². The molecule has 0 saturated carbocycles. The highest BCUT2D eigenvalue weighted by Gasteiger charge is 2.44. The van der Waals surface area contributed by atoms with Gasteiger partial charge in [-0.2, -0.15) is 0 Å². The second kappa shape index (κ2) is 11.6. The maximum Gasteiger partial charge on any atom is 0.243 e. The van der Waals surface area contributed by atoms with Crippen molar-refractivity contribution in [2.24, 2.45) is 0 Å². The van der Waals surface area contributed by atoms with Crippen LogP contribution < -0.4 is 10.6 Å². The monoisotopic (exact) mass is 494 g/mol. The molecule has 1 aliphatic rings. The van der Waals surface area contributed by atoms with Gasteiger partial charge in [0.15, 0.2) is 6.29 Å². The summed E-state index contributed by atoms with van der Waals surface area (Å²) in [6.45, 7) is -0.614. The van der Waals surface area contributed by atoms with E-state index in [-0.39, 0.29) is 18.7 Å². The van der Waals surface area contributed by atoms with E-state index in [4.69, 9.17) is 4.74 Å². The Kier molecular flexibility index (Phi) is 8.29. The first kappa shape index (κ1) is 25.7. The van der Waals surface area contributed by atoms with Gasteiger partial charge < -0.3 is 35.8 Å². The van der Waals surface area contributed by atoms with Crippen molar-refractivity contribution in [3.63, 3.8) is 0 Å². The fourth-order valence-corrected chi connectivity index (χ4v) is 4.36. The van der Waals surface area contributed by atoms with Crippen molar-refractivity contribution in [2.75, 3.05) is 6.61 Å². The molecule has 0 spiro atoms. The van der Waals surface area contributed by atoms with Gasteiger partial charge in [-0.1, -0.05) is 72.8 Å². The molecule has 6 atom stereocenters. The fourth-order valence-electron chi connectivity index (χ4n) is 4.36. The van der Waals surface area contributed by atoms with Crippen LogP contribution in [0.3, 0.4) is 0 Å². The van der Waals surface area contributed by atoms with Crippen molar-refractivity contribution in [3.05, 3.63) is 83.9 Å². The second-order valence-corrected chi connectivity index (χ2v) is 8.93. The Labute approximate surface area is 208 Å². The molecule has 6 N–H and O–H groups in total. The molecule has 9 heteroatoms. The van der Waals surface area contributed by atoms with Crippen LogP contribution >= 0.6 is 0 Å². The summed E-state index contributed by atoms with van der Waals surface area (Å²) in [5.74, 6) is -1.03. The number of fused-ring (bicyclic) bond motifs is 1. The second-order valence-electron chi connectivity index (χ2n) is 8.93. The van der Waals surface area contributed by atoms with E-state index in [9.17, 15) is 30.0 Å². The first-order chi connectivity index (χ1) is 17.4. The fraction of sp³-hybridized carbons (Fsp3) is 0.333. The van der Waals surface area contributed by atoms with Gasteiger partial charge in [0.1, 0.15) is 30.4 Å². The van der Waals surface area contributed by atoms with Gasteiger partial charge in [0.2, 0.25) is 11.8 Å². The van der Waals surface area contributed by atoms with Crippen molar-refractivity contribution in [3.8, 4) is 0 Å². The van der Waals surface area contributed by atoms with Gasteiger partial charge in [-0.25, -0.2) is 0 Å². The van der Waals surface area contributed by atoms with E-state index in [0.29, 0.717) is 0 Å². The van der Waals surface area contributed by atoms with Crippen molar-refractivity contribution < 1.29 is 34.8 Å². The maximum absolute atomic E-state index is 13.2. The van der Waals surface area contributed by atoms with Crippen molar-refractivity contribution >= 4 is 22.6 Å². The molecule has 0 bridgehead atoms. The van der Waals surface area contributed by atoms with Crippen molar-refractivity contribution in [1.82, 2.24) is 10.6 Å². The SMILES string of the molecule is O=C(Cc1ccc2ccccc2c1)N[C@H](Cc1ccccc1)C(=O)N[C@H]1[C@@H](O)[C@H](O)[C@@H](CO)O[C@@H]1O. The lowest BCUT2D eigenvalue weighted by Crippen LogP contribution is -2.65. The summed E-state index contributed by atoms with van der Waals surface area (Å²) in [6, 6.07) is 20.2. The van der Waals surface area contributed by atoms with Crippen LogP contribution in [0.15, 0.2) is 72.8 Å². The van der Waals surface area contributed by atoms with Crippen LogP contribution in [0.4, 0.5) is 0 Å². The van der Waals surface area contributed by atoms with Crippen LogP contribution in [-0.4, -0.2) is 75.5 Å². The first-order valence-corrected chi connectivity index (χ1v) is 11.8. The normalized spacial score (nSPS) is 24.7. The molecule has 36 heavy (non-hydrogen) atoms. The van der Waals surface area contributed by atoms with Gasteiger partial charge in [-0.05, 0) is 21.9 Å². The highest BCUT2D eigenvalue weighted by molar-refractivity contribution is 5.90. The summed E-state index contributed by atoms with van der Waals surface area (Å²) in [5.41, 5.74) is 1.58. The van der Waals surface area contributed by atoms with Crippen LogP contribution in [-0.2, 0) is 27.2 Å². The average Bonchev–Trinajstić information content (AvgIpc) is 2.88. The molecule has 3 aromatic carbocycles. The number of carbonyl (C=O) groups excluding carboxylic acids is 2. The summed E-state index contributed by atoms with van der Waals surface area (Å²) in [4.78, 5) is 26.1. The molecule has 1 heterocycles. The summed E-state index contributed by atoms with van der Waals surface area (Å²) in [7, 11) is 0. The Bertz CT molecular complexity index is 1190. The smallest absolute Gasteiger partial charge is 0.243 e. The number of amides is 2. The third kappa shape index (κ3) is 6.07. The molecule has 1 aliphatic heterocycles. The number of hydrogen-bond donors (Lipinski definition) is 6. The van der Waals surface area contributed by atoms with Crippen molar-refractivity contribution in [2.45, 2.75) is 49.5 Å². The topological polar surface area (TPSA) is 148 Å². The summed E-state index contributed by atoms with van der Waals surface area (Å²) >= 11 is 0. The number of benzene rings is 3. The largest absolute Gasteiger partial charge is 0.394 e. The van der Waals surface area contributed by atoms with Crippen LogP contribution in [0.25, 0.3) is 10.8 Å². The number of aliphatic hydroxyl groups excluding tert-OH is 4. The van der Waals surface area contributed by atoms with Crippen LogP contribution in [0.2, 0.25) is 0 Å². The third-order valence-electron chi connectivity index (χ3n) is 6.32. The van der Waals surface area contributed by atoms with E-state index >= 15 is 0 Å². The quantitative estimate of drug-likeness (QED) is 0.259. The lowest BCUT2D eigenvalue weighted by atomic mass is 9.96. The van der Waals surface area contributed by atoms with E-state index in [2.05, 4.69) is 10.6 Å². The Morgan fingerprint density at radius 1 is 0.861 bits per heavy atom. The highest BCUT2D eigenvalue weighted by Crippen LogP contribution is 2.20. The number of nitrogens with one attached hydrogen (secondary N) is 2. The van der Waals surface area contributed by atoms with Gasteiger partial charge >= 0.3 is 0 Å². The predicted octanol–water partition coefficient (Wildman–Crippen LogP) is 0.0259. The van der Waals surface area contributed by atoms with E-state index < -0.39 is 49.2 Å². The Hall–Kier alpha value is -3.34. The van der Waals surface area contributed by atoms with Gasteiger partial charge in [-0.3, -0.25) is 9.59 Å². The van der Waals surface area contributed by atoms with Gasteiger partial charge in [0.25, 0.3) is 0 Å². The highest BCUT2D eigenvalue weighted by atomic mass is 16.6. The van der Waals surface area contributed by atoms with E-state index in [1.54, 1.807) is 0 Å². The minimum Gasteiger partial charge on any atom is -0.394 e. The molecule has 2 amide bonds. The van der Waals surface area contributed by atoms with Crippen LogP contribution in [0, 0.1) is 0 Å². The number of hydrogen-bond acceptors (Lipinski definition) is 7. The van der Waals surface area contributed by atoms with Crippen LogP contribution in [0.1, 0.15) is 11.1 Å². The molecule has 9 nitrogen and oxygen atoms in total. The number of ether oxygens (including phenoxy) is 1. The zero-order valence-electron chi connectivity index (χ0n) is 19.5. The molecule has 0 aliphatic carbocycles. The number of rotatable bonds is 8. The van der Waals surface area contributed by atoms with Crippen LogP contribution in [0.5, 0.6) is 0 Å². The van der Waals surface area contributed by atoms with Gasteiger partial charge in [0, 0.05) is 6.42 Å². The minimum atomic E-state index is -1.66. The molecule has 1 saturated heterocycles. The molecule has 0 unspecified atom stereocenters. The molecule has 4 rings (SSSR count). The lowest BCUT2D eigenvalue weighted by molar-refractivity contribution is -0.254. The first-order valence-electron chi connectivity index (χ1n) is 11.8. The van der Waals surface area contributed by atoms with E-state index in [0.717, 1.165) is 21.9 Å². The maximum atomic E-state index is 13.2. The molecule has 3 aromatic rings. The standard InChI is InChI=1S/C27H30N2O7/c30-15-21-24(32)25(33)23(27(35)36-21)29-26(34)20(13-16-6-2-1-3-7-16)28-22(31)14-17-10-11-18-8-4-5-9-19(18)12-17/h1-12,20-21,23-25,27,30,32-33,35H,13-15H2,(H,28,31)(H,29,34)/t20-,21-,23+,24-,25-,27+/m1/s1. The van der Waals surface area contributed by atoms with E-state index in [1.807, 2.05) is 72.8 Å². The Balaban J connectivity index is 1.48. The molecule has 0 radical (unpaired) electrons. The summed E-state index contributed by atoms with van der Waals surface area (Å²) < 4.78 is 5.12. The minimum absolute atomic E-state index is 0.0537. The zero-order chi connectivity index (χ0) is 25.7. The molecule has 190 valence electrons. The molecule has 1 fully saturated rings. The summed E-state index contributed by atoms with van der Waals surface area (Å²) in [5, 5.41) is 47.3. The summed E-state index contributed by atoms with van der Waals surface area (Å²) in [6.07, 6.45) is -5.73. The van der Waals surface area contributed by atoms with Crippen molar-refractivity contribution in [1.29, 1.82) is 0 Å². The Morgan fingerprint density at radius 3 is 2.28 bits per heavy atom. The molecular formula is C27H30N2O7. The number of carbonyl (C=O) groups is 2. The van der Waals surface area contributed by atoms with Gasteiger partial charge in [0.05, 0.1) is 13.0 Å². The lowest BCUT2D eigenvalue weighted by Gasteiger charge is -2.40. The molecule has 0 aromatic heterocycles. The third-order valence-corrected chi connectivity index (χ3v) is 6.32. The Morgan fingerprint density at radius 2 is 1.56 bits per heavy atom.